The highest BCUT2D eigenvalue weighted by Crippen LogP contribution is 2.29. The molecule has 8 heteroatoms. The maximum Gasteiger partial charge on any atom is 0.416 e. The summed E-state index contributed by atoms with van der Waals surface area (Å²) in [4.78, 5) is 25.4. The predicted molar refractivity (Wildman–Crippen MR) is 74.6 cm³/mol. The highest BCUT2D eigenvalue weighted by Gasteiger charge is 2.30. The minimum Gasteiger partial charge on any atom is -0.369 e. The third kappa shape index (κ3) is 5.72. The van der Waals surface area contributed by atoms with Crippen LogP contribution in [0.4, 0.5) is 13.2 Å². The molecule has 0 saturated carbocycles. The van der Waals surface area contributed by atoms with Crippen LogP contribution in [0.15, 0.2) is 24.3 Å². The van der Waals surface area contributed by atoms with Crippen LogP contribution < -0.4 is 5.73 Å². The molecule has 2 N–H and O–H groups in total. The lowest BCUT2D eigenvalue weighted by atomic mass is 10.1. The fourth-order valence-corrected chi connectivity index (χ4v) is 1.88. The van der Waals surface area contributed by atoms with Crippen molar-refractivity contribution in [2.75, 3.05) is 27.2 Å². The first-order valence-corrected chi connectivity index (χ1v) is 6.46. The second kappa shape index (κ2) is 7.26. The molecule has 0 aliphatic carbocycles. The van der Waals surface area contributed by atoms with Gasteiger partial charge in [-0.1, -0.05) is 12.1 Å². The van der Waals surface area contributed by atoms with E-state index < -0.39 is 17.6 Å². The van der Waals surface area contributed by atoms with Gasteiger partial charge in [-0.15, -0.1) is 0 Å². The van der Waals surface area contributed by atoms with Crippen LogP contribution in [0.25, 0.3) is 0 Å². The van der Waals surface area contributed by atoms with Crippen molar-refractivity contribution >= 4 is 11.8 Å². The van der Waals surface area contributed by atoms with Gasteiger partial charge in [0.15, 0.2) is 0 Å². The summed E-state index contributed by atoms with van der Waals surface area (Å²) >= 11 is 0. The molecule has 0 bridgehead atoms. The van der Waals surface area contributed by atoms with Crippen LogP contribution in [0.5, 0.6) is 0 Å². The van der Waals surface area contributed by atoms with Gasteiger partial charge >= 0.3 is 6.18 Å². The normalized spacial score (nSPS) is 11.5. The van der Waals surface area contributed by atoms with Gasteiger partial charge in [0.1, 0.15) is 0 Å². The number of amides is 2. The number of nitrogens with two attached hydrogens (primary N) is 1. The Kier molecular flexibility index (Phi) is 5.92. The van der Waals surface area contributed by atoms with Gasteiger partial charge in [-0.05, 0) is 24.7 Å². The molecule has 0 aliphatic heterocycles. The number of alkyl halides is 3. The number of carbonyl (C=O) groups is 2. The first kappa shape index (κ1) is 18.0. The largest absolute Gasteiger partial charge is 0.416 e. The molecular weight excluding hydrogens is 299 g/mol. The summed E-state index contributed by atoms with van der Waals surface area (Å²) in [6, 6.07) is 4.81. The number of hydrogen-bond acceptors (Lipinski definition) is 3. The molecule has 0 spiro atoms. The summed E-state index contributed by atoms with van der Waals surface area (Å²) in [5.74, 6) is -0.878. The van der Waals surface area contributed by atoms with Gasteiger partial charge in [0, 0.05) is 13.6 Å². The molecule has 122 valence electrons. The molecule has 0 saturated heterocycles. The second-order valence-corrected chi connectivity index (χ2v) is 5.09. The Balaban J connectivity index is 2.66. The molecule has 0 aliphatic rings. The molecule has 0 radical (unpaired) electrons. The lowest BCUT2D eigenvalue weighted by Crippen LogP contribution is -2.39. The number of benzene rings is 1. The molecule has 0 unspecified atom stereocenters. The Morgan fingerprint density at radius 3 is 2.36 bits per heavy atom. The molecule has 5 nitrogen and oxygen atoms in total. The van der Waals surface area contributed by atoms with Gasteiger partial charge in [-0.3, -0.25) is 14.5 Å². The minimum absolute atomic E-state index is 0.0433. The Bertz CT molecular complexity index is 546. The summed E-state index contributed by atoms with van der Waals surface area (Å²) in [6.07, 6.45) is -4.42. The first-order chi connectivity index (χ1) is 10.1. The van der Waals surface area contributed by atoms with E-state index >= 15 is 0 Å². The topological polar surface area (TPSA) is 66.6 Å². The van der Waals surface area contributed by atoms with Crippen molar-refractivity contribution < 1.29 is 22.8 Å². The van der Waals surface area contributed by atoms with E-state index in [0.717, 1.165) is 12.1 Å². The molecule has 1 aromatic carbocycles. The van der Waals surface area contributed by atoms with E-state index in [9.17, 15) is 22.8 Å². The lowest BCUT2D eigenvalue weighted by molar-refractivity contribution is -0.137. The van der Waals surface area contributed by atoms with Crippen molar-refractivity contribution in [3.8, 4) is 0 Å². The highest BCUT2D eigenvalue weighted by molar-refractivity contribution is 5.80. The summed E-state index contributed by atoms with van der Waals surface area (Å²) in [6.45, 7) is -0.0608. The Morgan fingerprint density at radius 2 is 1.82 bits per heavy atom. The van der Waals surface area contributed by atoms with Crippen LogP contribution in [0.2, 0.25) is 0 Å². The van der Waals surface area contributed by atoms with Gasteiger partial charge < -0.3 is 10.6 Å². The van der Waals surface area contributed by atoms with Crippen LogP contribution >= 0.6 is 0 Å². The van der Waals surface area contributed by atoms with Crippen LogP contribution in [0.3, 0.4) is 0 Å². The van der Waals surface area contributed by atoms with E-state index in [1.165, 1.54) is 29.0 Å². The van der Waals surface area contributed by atoms with Gasteiger partial charge in [0.25, 0.3) is 0 Å². The molecule has 0 fully saturated rings. The number of halogens is 3. The van der Waals surface area contributed by atoms with Crippen molar-refractivity contribution in [2.24, 2.45) is 5.73 Å². The maximum absolute atomic E-state index is 12.6. The summed E-state index contributed by atoms with van der Waals surface area (Å²) < 4.78 is 37.9. The highest BCUT2D eigenvalue weighted by atomic mass is 19.4. The van der Waals surface area contributed by atoms with Crippen LogP contribution in [0.1, 0.15) is 11.1 Å². The molecular formula is C14H18F3N3O2. The number of likely N-dealkylation sites (N-methyl/N-ethyl adjacent to an activating group) is 2. The second-order valence-electron chi connectivity index (χ2n) is 5.09. The van der Waals surface area contributed by atoms with Crippen molar-refractivity contribution in [3.05, 3.63) is 35.4 Å². The summed E-state index contributed by atoms with van der Waals surface area (Å²) in [5.41, 5.74) is 4.64. The quantitative estimate of drug-likeness (QED) is 0.854. The van der Waals surface area contributed by atoms with Crippen molar-refractivity contribution in [1.82, 2.24) is 9.80 Å². The van der Waals surface area contributed by atoms with E-state index in [-0.39, 0.29) is 25.5 Å². The molecule has 0 atom stereocenters. The smallest absolute Gasteiger partial charge is 0.369 e. The third-order valence-electron chi connectivity index (χ3n) is 2.93. The Hall–Kier alpha value is -2.09. The Labute approximate surface area is 126 Å². The zero-order valence-corrected chi connectivity index (χ0v) is 12.4. The first-order valence-electron chi connectivity index (χ1n) is 6.46. The fourth-order valence-electron chi connectivity index (χ4n) is 1.88. The maximum atomic E-state index is 12.6. The average molecular weight is 317 g/mol. The number of hydrogen-bond donors (Lipinski definition) is 1. The zero-order chi connectivity index (χ0) is 16.9. The van der Waals surface area contributed by atoms with E-state index in [0.29, 0.717) is 5.56 Å². The fraction of sp³-hybridized carbons (Fsp3) is 0.429. The third-order valence-corrected chi connectivity index (χ3v) is 2.93. The number of primary amides is 1. The van der Waals surface area contributed by atoms with Gasteiger partial charge in [-0.25, -0.2) is 0 Å². The van der Waals surface area contributed by atoms with Crippen molar-refractivity contribution in [3.63, 3.8) is 0 Å². The summed E-state index contributed by atoms with van der Waals surface area (Å²) in [7, 11) is 3.04. The van der Waals surface area contributed by atoms with Crippen LogP contribution in [-0.2, 0) is 22.3 Å². The SMILES string of the molecule is CN(CC(N)=O)CC(=O)N(C)Cc1cccc(C(F)(F)F)c1. The van der Waals surface area contributed by atoms with E-state index in [1.54, 1.807) is 7.05 Å². The average Bonchev–Trinajstić information content (AvgIpc) is 2.36. The van der Waals surface area contributed by atoms with Crippen molar-refractivity contribution in [2.45, 2.75) is 12.7 Å². The van der Waals surface area contributed by atoms with E-state index in [2.05, 4.69) is 0 Å². The minimum atomic E-state index is -4.42. The lowest BCUT2D eigenvalue weighted by Gasteiger charge is -2.21. The van der Waals surface area contributed by atoms with E-state index in [1.807, 2.05) is 0 Å². The number of nitrogens with zero attached hydrogens (tertiary/aromatic N) is 2. The van der Waals surface area contributed by atoms with Gasteiger partial charge in [0.2, 0.25) is 11.8 Å². The predicted octanol–water partition coefficient (Wildman–Crippen LogP) is 1.08. The molecule has 22 heavy (non-hydrogen) atoms. The van der Waals surface area contributed by atoms with Gasteiger partial charge in [0.05, 0.1) is 18.7 Å². The monoisotopic (exact) mass is 317 g/mol. The molecule has 1 rings (SSSR count). The summed E-state index contributed by atoms with van der Waals surface area (Å²) in [5, 5.41) is 0. The standard InChI is InChI=1S/C14H18F3N3O2/c1-19(8-12(18)21)9-13(22)20(2)7-10-4-3-5-11(6-10)14(15,16)17/h3-6H,7-9H2,1-2H3,(H2,18,21). The molecule has 0 aromatic heterocycles. The number of carbonyl (C=O) groups excluding carboxylic acids is 2. The van der Waals surface area contributed by atoms with Crippen LogP contribution in [0, 0.1) is 0 Å². The Morgan fingerprint density at radius 1 is 1.18 bits per heavy atom. The van der Waals surface area contributed by atoms with Crippen molar-refractivity contribution in [1.29, 1.82) is 0 Å². The van der Waals surface area contributed by atoms with Crippen LogP contribution in [-0.4, -0.2) is 48.8 Å². The molecule has 0 heterocycles. The van der Waals surface area contributed by atoms with E-state index in [4.69, 9.17) is 5.73 Å². The molecule has 2 amide bonds. The molecule has 1 aromatic rings. The van der Waals surface area contributed by atoms with Gasteiger partial charge in [-0.2, -0.15) is 13.2 Å². The zero-order valence-electron chi connectivity index (χ0n) is 12.4. The number of rotatable bonds is 6.